The first kappa shape index (κ1) is 9.23. The van der Waals surface area contributed by atoms with Crippen molar-refractivity contribution in [1.29, 1.82) is 0 Å². The number of hydrogen-bond acceptors (Lipinski definition) is 1. The summed E-state index contributed by atoms with van der Waals surface area (Å²) in [6.45, 7) is 0.548. The molecule has 1 rings (SSSR count). The molecule has 3 heteroatoms. The summed E-state index contributed by atoms with van der Waals surface area (Å²) in [5.41, 5.74) is 1.11. The number of hydrogen-bond donors (Lipinski definition) is 0. The molecule has 0 fully saturated rings. The second-order valence-electron chi connectivity index (χ2n) is 2.10. The van der Waals surface area contributed by atoms with Gasteiger partial charge in [-0.2, -0.15) is 0 Å². The highest BCUT2D eigenvalue weighted by Gasteiger charge is 1.97. The van der Waals surface area contributed by atoms with E-state index in [1.165, 1.54) is 0 Å². The van der Waals surface area contributed by atoms with Gasteiger partial charge in [-0.25, -0.2) is 0 Å². The molecular formula is C8H7Br2O. The molecule has 0 aliphatic heterocycles. The summed E-state index contributed by atoms with van der Waals surface area (Å²) >= 11 is 6.77. The third-order valence-electron chi connectivity index (χ3n) is 1.25. The average molecular weight is 279 g/mol. The lowest BCUT2D eigenvalue weighted by molar-refractivity contribution is 0.229. The highest BCUT2D eigenvalue weighted by Crippen LogP contribution is 2.23. The molecule has 59 valence electrons. The number of rotatable bonds is 2. The van der Waals surface area contributed by atoms with Crippen LogP contribution < -0.4 is 0 Å². The van der Waals surface area contributed by atoms with E-state index >= 15 is 0 Å². The Morgan fingerprint density at radius 3 is 2.55 bits per heavy atom. The van der Waals surface area contributed by atoms with Gasteiger partial charge in [0.2, 0.25) is 0 Å². The van der Waals surface area contributed by atoms with Crippen molar-refractivity contribution < 1.29 is 4.74 Å². The van der Waals surface area contributed by atoms with Crippen LogP contribution in [0.4, 0.5) is 0 Å². The topological polar surface area (TPSA) is 9.23 Å². The Balaban J connectivity index is 2.86. The van der Waals surface area contributed by atoms with Gasteiger partial charge in [-0.1, -0.05) is 6.07 Å². The van der Waals surface area contributed by atoms with E-state index in [0.717, 1.165) is 14.5 Å². The summed E-state index contributed by atoms with van der Waals surface area (Å²) in [6, 6.07) is 5.95. The second kappa shape index (κ2) is 4.24. The maximum absolute atomic E-state index is 4.74. The zero-order valence-electron chi connectivity index (χ0n) is 5.81. The van der Waals surface area contributed by atoms with E-state index in [4.69, 9.17) is 4.74 Å². The first-order valence-electron chi connectivity index (χ1n) is 3.05. The van der Waals surface area contributed by atoms with E-state index in [1.807, 2.05) is 18.2 Å². The fourth-order valence-electron chi connectivity index (χ4n) is 0.747. The van der Waals surface area contributed by atoms with Crippen molar-refractivity contribution in [3.05, 3.63) is 39.8 Å². The van der Waals surface area contributed by atoms with Crippen molar-refractivity contribution in [2.75, 3.05) is 0 Å². The van der Waals surface area contributed by atoms with Crippen LogP contribution in [0.5, 0.6) is 0 Å². The summed E-state index contributed by atoms with van der Waals surface area (Å²) in [7, 11) is 3.31. The lowest BCUT2D eigenvalue weighted by Crippen LogP contribution is -1.85. The van der Waals surface area contributed by atoms with E-state index in [1.54, 1.807) is 0 Å². The fraction of sp³-hybridized carbons (Fsp3) is 0.125. The molecule has 1 aromatic carbocycles. The van der Waals surface area contributed by atoms with Gasteiger partial charge < -0.3 is 4.74 Å². The van der Waals surface area contributed by atoms with E-state index in [-0.39, 0.29) is 0 Å². The van der Waals surface area contributed by atoms with Gasteiger partial charge in [0.1, 0.15) is 0 Å². The third kappa shape index (κ3) is 2.58. The van der Waals surface area contributed by atoms with Crippen LogP contribution in [-0.4, -0.2) is 0 Å². The van der Waals surface area contributed by atoms with Crippen LogP contribution in [0.1, 0.15) is 5.56 Å². The van der Waals surface area contributed by atoms with Crippen molar-refractivity contribution in [3.8, 4) is 0 Å². The Labute approximate surface area is 83.0 Å². The van der Waals surface area contributed by atoms with Gasteiger partial charge in [0, 0.05) is 8.95 Å². The number of halogens is 2. The molecule has 0 N–H and O–H groups in total. The molecule has 0 saturated heterocycles. The van der Waals surface area contributed by atoms with E-state index in [2.05, 4.69) is 39.0 Å². The molecule has 0 aromatic heterocycles. The molecule has 0 bridgehead atoms. The summed E-state index contributed by atoms with van der Waals surface area (Å²) in [5, 5.41) is 0. The number of benzene rings is 1. The van der Waals surface area contributed by atoms with Crippen molar-refractivity contribution in [2.45, 2.75) is 6.61 Å². The SMILES string of the molecule is [CH2]OCc1ccc(Br)c(Br)c1. The van der Waals surface area contributed by atoms with Crippen LogP contribution in [0.25, 0.3) is 0 Å². The van der Waals surface area contributed by atoms with Crippen molar-refractivity contribution in [3.63, 3.8) is 0 Å². The second-order valence-corrected chi connectivity index (χ2v) is 3.81. The predicted molar refractivity (Wildman–Crippen MR) is 52.0 cm³/mol. The molecule has 11 heavy (non-hydrogen) atoms. The predicted octanol–water partition coefficient (Wildman–Crippen LogP) is 3.52. The van der Waals surface area contributed by atoms with Crippen LogP contribution in [-0.2, 0) is 11.3 Å². The van der Waals surface area contributed by atoms with Gasteiger partial charge in [0.15, 0.2) is 0 Å². The summed E-state index contributed by atoms with van der Waals surface area (Å²) in [4.78, 5) is 0. The quantitative estimate of drug-likeness (QED) is 0.804. The molecule has 0 unspecified atom stereocenters. The smallest absolute Gasteiger partial charge is 0.0718 e. The van der Waals surface area contributed by atoms with Crippen LogP contribution in [0.2, 0.25) is 0 Å². The standard InChI is InChI=1S/C8H7Br2O/c1-11-5-6-2-3-7(9)8(10)4-6/h2-4H,1,5H2. The molecule has 0 aliphatic rings. The van der Waals surface area contributed by atoms with Gasteiger partial charge in [0.25, 0.3) is 0 Å². The summed E-state index contributed by atoms with van der Waals surface area (Å²) < 4.78 is 6.82. The normalized spacial score (nSPS) is 10.1. The van der Waals surface area contributed by atoms with Crippen molar-refractivity contribution in [1.82, 2.24) is 0 Å². The minimum atomic E-state index is 0.548. The summed E-state index contributed by atoms with van der Waals surface area (Å²) in [5.74, 6) is 0. The maximum Gasteiger partial charge on any atom is 0.0718 e. The Bertz CT molecular complexity index is 248. The molecule has 1 radical (unpaired) electrons. The molecule has 0 atom stereocenters. The molecule has 0 aliphatic carbocycles. The van der Waals surface area contributed by atoms with E-state index in [0.29, 0.717) is 6.61 Å². The molecule has 0 heterocycles. The lowest BCUT2D eigenvalue weighted by Gasteiger charge is -2.00. The van der Waals surface area contributed by atoms with E-state index < -0.39 is 0 Å². The molecule has 0 amide bonds. The lowest BCUT2D eigenvalue weighted by atomic mass is 10.2. The maximum atomic E-state index is 4.74. The highest BCUT2D eigenvalue weighted by molar-refractivity contribution is 9.13. The first-order chi connectivity index (χ1) is 5.24. The minimum absolute atomic E-state index is 0.548. The van der Waals surface area contributed by atoms with Gasteiger partial charge in [-0.05, 0) is 49.6 Å². The van der Waals surface area contributed by atoms with Crippen LogP contribution >= 0.6 is 31.9 Å². The van der Waals surface area contributed by atoms with Gasteiger partial charge in [-0.3, -0.25) is 0 Å². The minimum Gasteiger partial charge on any atom is -0.374 e. The molecule has 1 aromatic rings. The summed E-state index contributed by atoms with van der Waals surface area (Å²) in [6.07, 6.45) is 0. The Morgan fingerprint density at radius 2 is 2.00 bits per heavy atom. The van der Waals surface area contributed by atoms with Crippen molar-refractivity contribution in [2.24, 2.45) is 0 Å². The Hall–Kier alpha value is 0.140. The Morgan fingerprint density at radius 1 is 1.27 bits per heavy atom. The molecule has 0 saturated carbocycles. The first-order valence-corrected chi connectivity index (χ1v) is 4.63. The molecular weight excluding hydrogens is 272 g/mol. The average Bonchev–Trinajstić information content (AvgIpc) is 1.98. The highest BCUT2D eigenvalue weighted by atomic mass is 79.9. The third-order valence-corrected chi connectivity index (χ3v) is 3.13. The van der Waals surface area contributed by atoms with Gasteiger partial charge in [0.05, 0.1) is 13.7 Å². The van der Waals surface area contributed by atoms with Gasteiger partial charge in [-0.15, -0.1) is 0 Å². The van der Waals surface area contributed by atoms with E-state index in [9.17, 15) is 0 Å². The van der Waals surface area contributed by atoms with Crippen molar-refractivity contribution >= 4 is 31.9 Å². The Kier molecular flexibility index (Phi) is 3.55. The van der Waals surface area contributed by atoms with Crippen LogP contribution in [0, 0.1) is 7.11 Å². The zero-order valence-corrected chi connectivity index (χ0v) is 8.98. The largest absolute Gasteiger partial charge is 0.374 e. The number of ether oxygens (including phenoxy) is 1. The van der Waals surface area contributed by atoms with Gasteiger partial charge >= 0.3 is 0 Å². The van der Waals surface area contributed by atoms with Crippen LogP contribution in [0.15, 0.2) is 27.1 Å². The fourth-order valence-corrected chi connectivity index (χ4v) is 1.42. The molecule has 0 spiro atoms. The monoisotopic (exact) mass is 277 g/mol. The molecule has 1 nitrogen and oxygen atoms in total. The van der Waals surface area contributed by atoms with Crippen LogP contribution in [0.3, 0.4) is 0 Å². The zero-order chi connectivity index (χ0) is 8.27.